The number of halogens is 5. The Morgan fingerprint density at radius 2 is 1.75 bits per heavy atom. The third kappa shape index (κ3) is 5.26. The number of cyclic esters (lactones) is 1. The second-order valence-electron chi connectivity index (χ2n) is 6.40. The van der Waals surface area contributed by atoms with Crippen LogP contribution in [0.3, 0.4) is 0 Å². The highest BCUT2D eigenvalue weighted by Crippen LogP contribution is 2.39. The molecule has 168 valence electrons. The van der Waals surface area contributed by atoms with Gasteiger partial charge in [0.05, 0.1) is 11.5 Å². The molecule has 1 saturated heterocycles. The first-order chi connectivity index (χ1) is 15.1. The standard InChI is InChI=1S/C21H14F5NO5/c1-2-3-14(17-18(28)27-20(29)32-17)11-4-7-13(8-5-11)30-15-9-6-12(21(24,25)26)10-16(15)31-19(22)23/h4-10,14,17,19H,1H3,(H,27,28,29). The second-order valence-corrected chi connectivity index (χ2v) is 6.40. The number of hydrogen-bond acceptors (Lipinski definition) is 5. The van der Waals surface area contributed by atoms with Crippen molar-refractivity contribution in [3.05, 3.63) is 53.6 Å². The van der Waals surface area contributed by atoms with Crippen LogP contribution in [0.15, 0.2) is 42.5 Å². The molecule has 0 spiro atoms. The third-order valence-electron chi connectivity index (χ3n) is 4.27. The zero-order chi connectivity index (χ0) is 23.5. The van der Waals surface area contributed by atoms with Gasteiger partial charge in [-0.15, -0.1) is 5.92 Å². The number of rotatable bonds is 6. The highest BCUT2D eigenvalue weighted by atomic mass is 19.4. The minimum Gasteiger partial charge on any atom is -0.453 e. The lowest BCUT2D eigenvalue weighted by Crippen LogP contribution is -2.29. The Morgan fingerprint density at radius 1 is 1.06 bits per heavy atom. The number of carbonyl (C=O) groups is 2. The second kappa shape index (κ2) is 9.13. The quantitative estimate of drug-likeness (QED) is 0.499. The van der Waals surface area contributed by atoms with Crippen molar-refractivity contribution in [2.24, 2.45) is 0 Å². The number of hydrogen-bond donors (Lipinski definition) is 1. The monoisotopic (exact) mass is 455 g/mol. The number of imide groups is 1. The average Bonchev–Trinajstić information content (AvgIpc) is 3.04. The van der Waals surface area contributed by atoms with E-state index in [9.17, 15) is 31.5 Å². The van der Waals surface area contributed by atoms with E-state index in [-0.39, 0.29) is 11.5 Å². The van der Waals surface area contributed by atoms with Crippen LogP contribution in [0.2, 0.25) is 0 Å². The van der Waals surface area contributed by atoms with Crippen molar-refractivity contribution in [2.75, 3.05) is 0 Å². The highest BCUT2D eigenvalue weighted by Gasteiger charge is 2.39. The molecule has 2 aromatic carbocycles. The molecule has 0 saturated carbocycles. The van der Waals surface area contributed by atoms with Crippen molar-refractivity contribution in [1.82, 2.24) is 5.32 Å². The fourth-order valence-electron chi connectivity index (χ4n) is 2.91. The number of alkyl carbamates (subject to hydrolysis) is 1. The van der Waals surface area contributed by atoms with Gasteiger partial charge in [0.15, 0.2) is 17.6 Å². The number of carbonyl (C=O) groups excluding carboxylic acids is 2. The molecule has 0 aliphatic carbocycles. The number of alkyl halides is 5. The van der Waals surface area contributed by atoms with Crippen LogP contribution in [-0.2, 0) is 15.7 Å². The van der Waals surface area contributed by atoms with E-state index in [0.717, 1.165) is 6.07 Å². The SMILES string of the molecule is CC#CC(c1ccc(Oc2ccc(C(F)(F)F)cc2OC(F)F)cc1)C1OC(=O)NC1=O. The molecule has 1 fully saturated rings. The molecular formula is C21H14F5NO5. The molecule has 0 aromatic heterocycles. The Morgan fingerprint density at radius 3 is 2.28 bits per heavy atom. The van der Waals surface area contributed by atoms with E-state index < -0.39 is 48.1 Å². The maximum atomic E-state index is 12.9. The van der Waals surface area contributed by atoms with Crippen molar-refractivity contribution in [3.63, 3.8) is 0 Å². The summed E-state index contributed by atoms with van der Waals surface area (Å²) in [6.45, 7) is -1.83. The predicted octanol–water partition coefficient (Wildman–Crippen LogP) is 4.84. The van der Waals surface area contributed by atoms with E-state index in [0.29, 0.717) is 17.7 Å². The topological polar surface area (TPSA) is 73.9 Å². The largest absolute Gasteiger partial charge is 0.453 e. The maximum absolute atomic E-state index is 12.9. The van der Waals surface area contributed by atoms with Gasteiger partial charge in [0.25, 0.3) is 5.91 Å². The summed E-state index contributed by atoms with van der Waals surface area (Å²) in [5.41, 5.74) is -0.695. The number of ether oxygens (including phenoxy) is 3. The van der Waals surface area contributed by atoms with Crippen molar-refractivity contribution < 1.29 is 45.8 Å². The Balaban J connectivity index is 1.85. The van der Waals surface area contributed by atoms with Gasteiger partial charge in [-0.05, 0) is 42.8 Å². The summed E-state index contributed by atoms with van der Waals surface area (Å²) in [5, 5.41) is 2.01. The maximum Gasteiger partial charge on any atom is 0.416 e. The first-order valence-corrected chi connectivity index (χ1v) is 8.96. The van der Waals surface area contributed by atoms with Gasteiger partial charge in [-0.1, -0.05) is 18.1 Å². The lowest BCUT2D eigenvalue weighted by Gasteiger charge is -2.17. The minimum absolute atomic E-state index is 0.0868. The Bertz CT molecular complexity index is 1070. The molecule has 3 rings (SSSR count). The van der Waals surface area contributed by atoms with Crippen molar-refractivity contribution in [1.29, 1.82) is 0 Å². The fraction of sp³-hybridized carbons (Fsp3) is 0.238. The van der Waals surface area contributed by atoms with Crippen molar-refractivity contribution in [2.45, 2.75) is 31.7 Å². The van der Waals surface area contributed by atoms with Crippen LogP contribution in [0, 0.1) is 11.8 Å². The van der Waals surface area contributed by atoms with E-state index in [2.05, 4.69) is 16.6 Å². The molecule has 32 heavy (non-hydrogen) atoms. The molecule has 1 N–H and O–H groups in total. The molecule has 2 atom stereocenters. The van der Waals surface area contributed by atoms with Crippen LogP contribution < -0.4 is 14.8 Å². The summed E-state index contributed by atoms with van der Waals surface area (Å²) in [6, 6.07) is 7.69. The predicted molar refractivity (Wildman–Crippen MR) is 99.2 cm³/mol. The van der Waals surface area contributed by atoms with Gasteiger partial charge in [-0.25, -0.2) is 4.79 Å². The van der Waals surface area contributed by atoms with Crippen LogP contribution >= 0.6 is 0 Å². The Labute approximate surface area is 178 Å². The van der Waals surface area contributed by atoms with Crippen molar-refractivity contribution >= 4 is 12.0 Å². The summed E-state index contributed by atoms with van der Waals surface area (Å²) in [7, 11) is 0. The molecule has 1 heterocycles. The van der Waals surface area contributed by atoms with Gasteiger partial charge in [0.1, 0.15) is 5.75 Å². The Hall–Kier alpha value is -3.81. The van der Waals surface area contributed by atoms with E-state index in [1.165, 1.54) is 31.2 Å². The molecular weight excluding hydrogens is 441 g/mol. The van der Waals surface area contributed by atoms with Gasteiger partial charge < -0.3 is 14.2 Å². The number of benzene rings is 2. The molecule has 0 radical (unpaired) electrons. The number of amides is 2. The Kier molecular flexibility index (Phi) is 6.53. The van der Waals surface area contributed by atoms with Crippen LogP contribution in [0.4, 0.5) is 26.7 Å². The molecule has 2 aromatic rings. The molecule has 1 aliphatic heterocycles. The molecule has 11 heteroatoms. The smallest absolute Gasteiger partial charge is 0.416 e. The third-order valence-corrected chi connectivity index (χ3v) is 4.27. The first-order valence-electron chi connectivity index (χ1n) is 8.96. The van der Waals surface area contributed by atoms with Gasteiger partial charge in [0.2, 0.25) is 0 Å². The summed E-state index contributed by atoms with van der Waals surface area (Å²) in [6.07, 6.45) is -6.81. The molecule has 6 nitrogen and oxygen atoms in total. The van der Waals surface area contributed by atoms with Crippen LogP contribution in [0.25, 0.3) is 0 Å². The van der Waals surface area contributed by atoms with E-state index in [4.69, 9.17) is 9.47 Å². The minimum atomic E-state index is -4.76. The van der Waals surface area contributed by atoms with E-state index in [1.54, 1.807) is 0 Å². The molecule has 2 amide bonds. The fourth-order valence-corrected chi connectivity index (χ4v) is 2.91. The lowest BCUT2D eigenvalue weighted by molar-refractivity contribution is -0.138. The summed E-state index contributed by atoms with van der Waals surface area (Å²) in [4.78, 5) is 23.2. The molecule has 2 unspecified atom stereocenters. The molecule has 1 aliphatic rings. The van der Waals surface area contributed by atoms with Crippen LogP contribution in [0.1, 0.15) is 24.0 Å². The highest BCUT2D eigenvalue weighted by molar-refractivity contribution is 6.00. The zero-order valence-electron chi connectivity index (χ0n) is 16.2. The zero-order valence-corrected chi connectivity index (χ0v) is 16.2. The normalized spacial score (nSPS) is 16.7. The lowest BCUT2D eigenvalue weighted by atomic mass is 9.93. The van der Waals surface area contributed by atoms with Gasteiger partial charge >= 0.3 is 18.9 Å². The average molecular weight is 455 g/mol. The first kappa shape index (κ1) is 22.9. The van der Waals surface area contributed by atoms with Crippen molar-refractivity contribution in [3.8, 4) is 29.1 Å². The summed E-state index contributed by atoms with van der Waals surface area (Å²) >= 11 is 0. The van der Waals surface area contributed by atoms with Crippen LogP contribution in [-0.4, -0.2) is 24.7 Å². The van der Waals surface area contributed by atoms with Gasteiger partial charge in [0, 0.05) is 0 Å². The van der Waals surface area contributed by atoms with Gasteiger partial charge in [-0.3, -0.25) is 10.1 Å². The number of nitrogens with one attached hydrogen (secondary N) is 1. The summed E-state index contributed by atoms with van der Waals surface area (Å²) < 4.78 is 78.4. The van der Waals surface area contributed by atoms with E-state index >= 15 is 0 Å². The summed E-state index contributed by atoms with van der Waals surface area (Å²) in [5.74, 6) is 2.92. The van der Waals surface area contributed by atoms with Gasteiger partial charge in [-0.2, -0.15) is 22.0 Å². The van der Waals surface area contributed by atoms with E-state index in [1.807, 2.05) is 5.32 Å². The van der Waals surface area contributed by atoms with Crippen LogP contribution in [0.5, 0.6) is 17.2 Å². The molecule has 0 bridgehead atoms.